The highest BCUT2D eigenvalue weighted by Crippen LogP contribution is 2.21. The maximum atomic E-state index is 12.2. The summed E-state index contributed by atoms with van der Waals surface area (Å²) in [5.41, 5.74) is 0. The van der Waals surface area contributed by atoms with E-state index in [4.69, 9.17) is 0 Å². The topological polar surface area (TPSA) is 49.9 Å². The molecule has 1 saturated carbocycles. The third-order valence-corrected chi connectivity index (χ3v) is 4.07. The Hall–Kier alpha value is -1.10. The third-order valence-electron chi connectivity index (χ3n) is 4.07. The minimum absolute atomic E-state index is 0.178. The van der Waals surface area contributed by atoms with E-state index in [2.05, 4.69) is 4.74 Å². The van der Waals surface area contributed by atoms with Gasteiger partial charge >= 0.3 is 5.97 Å². The molecule has 116 valence electrons. The van der Waals surface area contributed by atoms with Crippen LogP contribution in [-0.4, -0.2) is 62.0 Å². The Morgan fingerprint density at radius 3 is 2.40 bits per heavy atom. The molecule has 0 saturated heterocycles. The molecule has 1 rings (SSSR count). The molecule has 0 spiro atoms. The van der Waals surface area contributed by atoms with Gasteiger partial charge in [-0.25, -0.2) is 0 Å². The van der Waals surface area contributed by atoms with Crippen LogP contribution in [0.1, 0.15) is 44.9 Å². The lowest BCUT2D eigenvalue weighted by Gasteiger charge is -2.32. The van der Waals surface area contributed by atoms with Crippen molar-refractivity contribution in [1.82, 2.24) is 9.80 Å². The van der Waals surface area contributed by atoms with Crippen LogP contribution in [0.3, 0.4) is 0 Å². The molecule has 1 aliphatic rings. The van der Waals surface area contributed by atoms with Gasteiger partial charge < -0.3 is 9.64 Å². The molecule has 0 heterocycles. The first-order chi connectivity index (χ1) is 9.54. The second-order valence-corrected chi connectivity index (χ2v) is 5.71. The zero-order chi connectivity index (χ0) is 15.0. The standard InChI is InChI=1S/C15H28N2O3/c1-16(11-7-10-15(19)20-3)12-14(18)17(2)13-8-5-4-6-9-13/h13H,4-12H2,1-3H3. The molecular formula is C15H28N2O3. The Labute approximate surface area is 122 Å². The predicted molar refractivity (Wildman–Crippen MR) is 78.4 cm³/mol. The Balaban J connectivity index is 2.24. The van der Waals surface area contributed by atoms with Gasteiger partial charge in [-0.05, 0) is 32.9 Å². The zero-order valence-electron chi connectivity index (χ0n) is 13.1. The fourth-order valence-electron chi connectivity index (χ4n) is 2.69. The smallest absolute Gasteiger partial charge is 0.305 e. The summed E-state index contributed by atoms with van der Waals surface area (Å²) in [6, 6.07) is 0.416. The molecule has 0 aromatic heterocycles. The zero-order valence-corrected chi connectivity index (χ0v) is 13.1. The highest BCUT2D eigenvalue weighted by Gasteiger charge is 2.22. The quantitative estimate of drug-likeness (QED) is 0.667. The number of hydrogen-bond donors (Lipinski definition) is 0. The highest BCUT2D eigenvalue weighted by atomic mass is 16.5. The van der Waals surface area contributed by atoms with E-state index in [9.17, 15) is 9.59 Å². The molecule has 0 radical (unpaired) electrons. The normalized spacial score (nSPS) is 16.2. The molecule has 20 heavy (non-hydrogen) atoms. The lowest BCUT2D eigenvalue weighted by atomic mass is 9.94. The summed E-state index contributed by atoms with van der Waals surface area (Å²) >= 11 is 0. The van der Waals surface area contributed by atoms with E-state index < -0.39 is 0 Å². The Bertz CT molecular complexity index is 314. The van der Waals surface area contributed by atoms with Crippen LogP contribution < -0.4 is 0 Å². The van der Waals surface area contributed by atoms with Crippen LogP contribution in [0.2, 0.25) is 0 Å². The van der Waals surface area contributed by atoms with Crippen LogP contribution >= 0.6 is 0 Å². The van der Waals surface area contributed by atoms with E-state index in [1.54, 1.807) is 0 Å². The molecule has 0 aromatic rings. The van der Waals surface area contributed by atoms with Crippen LogP contribution in [0.15, 0.2) is 0 Å². The van der Waals surface area contributed by atoms with Crippen molar-refractivity contribution in [1.29, 1.82) is 0 Å². The number of likely N-dealkylation sites (N-methyl/N-ethyl adjacent to an activating group) is 2. The van der Waals surface area contributed by atoms with Gasteiger partial charge in [0.2, 0.25) is 5.91 Å². The molecule has 0 unspecified atom stereocenters. The number of carbonyl (C=O) groups is 2. The number of carbonyl (C=O) groups excluding carboxylic acids is 2. The molecule has 0 N–H and O–H groups in total. The van der Waals surface area contributed by atoms with E-state index in [-0.39, 0.29) is 11.9 Å². The number of rotatable bonds is 7. The van der Waals surface area contributed by atoms with E-state index in [0.29, 0.717) is 19.0 Å². The van der Waals surface area contributed by atoms with E-state index in [0.717, 1.165) is 25.8 Å². The maximum Gasteiger partial charge on any atom is 0.305 e. The SMILES string of the molecule is COC(=O)CCCN(C)CC(=O)N(C)C1CCCCC1. The van der Waals surface area contributed by atoms with Crippen molar-refractivity contribution < 1.29 is 14.3 Å². The van der Waals surface area contributed by atoms with E-state index in [1.807, 2.05) is 23.9 Å². The van der Waals surface area contributed by atoms with Crippen molar-refractivity contribution >= 4 is 11.9 Å². The first-order valence-corrected chi connectivity index (χ1v) is 7.55. The first kappa shape index (κ1) is 17.0. The van der Waals surface area contributed by atoms with Gasteiger partial charge in [0.25, 0.3) is 0 Å². The van der Waals surface area contributed by atoms with Gasteiger partial charge in [0.1, 0.15) is 0 Å². The number of ether oxygens (including phenoxy) is 1. The summed E-state index contributed by atoms with van der Waals surface area (Å²) in [6.45, 7) is 1.16. The predicted octanol–water partition coefficient (Wildman–Crippen LogP) is 1.66. The van der Waals surface area contributed by atoms with Gasteiger partial charge in [-0.3, -0.25) is 14.5 Å². The Morgan fingerprint density at radius 2 is 1.80 bits per heavy atom. The second kappa shape index (κ2) is 8.95. The lowest BCUT2D eigenvalue weighted by Crippen LogP contribution is -2.43. The molecule has 0 aliphatic heterocycles. The minimum Gasteiger partial charge on any atom is -0.469 e. The van der Waals surface area contributed by atoms with Gasteiger partial charge in [0.05, 0.1) is 13.7 Å². The van der Waals surface area contributed by atoms with Gasteiger partial charge in [-0.2, -0.15) is 0 Å². The van der Waals surface area contributed by atoms with Crippen LogP contribution in [-0.2, 0) is 14.3 Å². The van der Waals surface area contributed by atoms with Crippen LogP contribution in [0.25, 0.3) is 0 Å². The van der Waals surface area contributed by atoms with Gasteiger partial charge in [0, 0.05) is 19.5 Å². The Kier molecular flexibility index (Phi) is 7.59. The molecule has 0 bridgehead atoms. The molecule has 1 fully saturated rings. The molecule has 0 atom stereocenters. The number of hydrogen-bond acceptors (Lipinski definition) is 4. The fourth-order valence-corrected chi connectivity index (χ4v) is 2.69. The van der Waals surface area contributed by atoms with Crippen molar-refractivity contribution in [3.05, 3.63) is 0 Å². The summed E-state index contributed by atoms with van der Waals surface area (Å²) in [5, 5.41) is 0. The van der Waals surface area contributed by atoms with Gasteiger partial charge in [0.15, 0.2) is 0 Å². The van der Waals surface area contributed by atoms with E-state index in [1.165, 1.54) is 26.4 Å². The fraction of sp³-hybridized carbons (Fsp3) is 0.867. The summed E-state index contributed by atoms with van der Waals surface area (Å²) in [5.74, 6) is -0.0125. The first-order valence-electron chi connectivity index (χ1n) is 7.55. The Morgan fingerprint density at radius 1 is 1.15 bits per heavy atom. The monoisotopic (exact) mass is 284 g/mol. The third kappa shape index (κ3) is 5.90. The average molecular weight is 284 g/mol. The number of nitrogens with zero attached hydrogens (tertiary/aromatic N) is 2. The van der Waals surface area contributed by atoms with Crippen molar-refractivity contribution in [2.75, 3.05) is 34.3 Å². The molecule has 1 amide bonds. The van der Waals surface area contributed by atoms with Crippen LogP contribution in [0.4, 0.5) is 0 Å². The van der Waals surface area contributed by atoms with E-state index >= 15 is 0 Å². The average Bonchev–Trinajstić information content (AvgIpc) is 2.47. The van der Waals surface area contributed by atoms with Crippen molar-refractivity contribution in [3.8, 4) is 0 Å². The van der Waals surface area contributed by atoms with Crippen molar-refractivity contribution in [2.24, 2.45) is 0 Å². The van der Waals surface area contributed by atoms with Gasteiger partial charge in [-0.15, -0.1) is 0 Å². The summed E-state index contributed by atoms with van der Waals surface area (Å²) < 4.78 is 4.60. The summed E-state index contributed by atoms with van der Waals surface area (Å²) in [6.07, 6.45) is 7.17. The minimum atomic E-state index is -0.191. The molecular weight excluding hydrogens is 256 g/mol. The summed E-state index contributed by atoms with van der Waals surface area (Å²) in [7, 11) is 5.24. The lowest BCUT2D eigenvalue weighted by molar-refractivity contribution is -0.140. The second-order valence-electron chi connectivity index (χ2n) is 5.71. The van der Waals surface area contributed by atoms with Crippen LogP contribution in [0.5, 0.6) is 0 Å². The number of amides is 1. The molecule has 5 heteroatoms. The number of esters is 1. The van der Waals surface area contributed by atoms with Crippen molar-refractivity contribution in [3.63, 3.8) is 0 Å². The van der Waals surface area contributed by atoms with Crippen molar-refractivity contribution in [2.45, 2.75) is 51.0 Å². The molecule has 1 aliphatic carbocycles. The molecule has 5 nitrogen and oxygen atoms in total. The highest BCUT2D eigenvalue weighted by molar-refractivity contribution is 5.78. The molecule has 0 aromatic carbocycles. The number of methoxy groups -OCH3 is 1. The van der Waals surface area contributed by atoms with Gasteiger partial charge in [-0.1, -0.05) is 19.3 Å². The van der Waals surface area contributed by atoms with Crippen LogP contribution in [0, 0.1) is 0 Å². The summed E-state index contributed by atoms with van der Waals surface area (Å²) in [4.78, 5) is 27.1. The largest absolute Gasteiger partial charge is 0.469 e. The maximum absolute atomic E-state index is 12.2.